The third kappa shape index (κ3) is 3.65. The minimum atomic E-state index is -0.376. The van der Waals surface area contributed by atoms with Gasteiger partial charge in [0.25, 0.3) is 0 Å². The highest BCUT2D eigenvalue weighted by atomic mass is 79.9. The Labute approximate surface area is 160 Å². The summed E-state index contributed by atoms with van der Waals surface area (Å²) < 4.78 is 6.64. The maximum atomic E-state index is 12.3. The Morgan fingerprint density at radius 3 is 2.69 bits per heavy atom. The van der Waals surface area contributed by atoms with Gasteiger partial charge in [0.15, 0.2) is 0 Å². The molecule has 3 heterocycles. The van der Waals surface area contributed by atoms with Gasteiger partial charge >= 0.3 is 6.09 Å². The van der Waals surface area contributed by atoms with Gasteiger partial charge in [-0.05, 0) is 59.7 Å². The normalized spacial score (nSPS) is 25.3. The lowest BCUT2D eigenvalue weighted by atomic mass is 9.78. The molecule has 2 aromatic rings. The molecule has 1 aliphatic heterocycles. The molecule has 1 spiro atoms. The van der Waals surface area contributed by atoms with Gasteiger partial charge in [-0.3, -0.25) is 4.90 Å². The third-order valence-corrected chi connectivity index (χ3v) is 5.49. The van der Waals surface area contributed by atoms with Gasteiger partial charge in [0.1, 0.15) is 11.4 Å². The summed E-state index contributed by atoms with van der Waals surface area (Å²) in [6, 6.07) is 5.56. The highest BCUT2D eigenvalue weighted by Gasteiger charge is 2.47. The first-order valence-corrected chi connectivity index (χ1v) is 9.56. The number of rotatable bonds is 4. The van der Waals surface area contributed by atoms with Crippen molar-refractivity contribution < 1.29 is 9.53 Å². The van der Waals surface area contributed by atoms with Gasteiger partial charge in [-0.15, -0.1) is 0 Å². The molecule has 0 bridgehead atoms. The number of pyridine rings is 1. The van der Waals surface area contributed by atoms with E-state index >= 15 is 0 Å². The topological polar surface area (TPSA) is 80.2 Å². The molecular formula is C18H20BrN5O2. The zero-order chi connectivity index (χ0) is 18.0. The lowest BCUT2D eigenvalue weighted by molar-refractivity contribution is 0.0148. The zero-order valence-corrected chi connectivity index (χ0v) is 15.9. The highest BCUT2D eigenvalue weighted by Crippen LogP contribution is 2.40. The van der Waals surface area contributed by atoms with Crippen LogP contribution in [0.4, 0.5) is 16.6 Å². The van der Waals surface area contributed by atoms with Crippen molar-refractivity contribution in [2.45, 2.75) is 31.3 Å². The van der Waals surface area contributed by atoms with Crippen molar-refractivity contribution >= 4 is 33.8 Å². The van der Waals surface area contributed by atoms with Crippen molar-refractivity contribution in [3.05, 3.63) is 41.3 Å². The highest BCUT2D eigenvalue weighted by molar-refractivity contribution is 9.10. The number of amides is 1. The van der Waals surface area contributed by atoms with Crippen LogP contribution in [-0.2, 0) is 4.74 Å². The lowest BCUT2D eigenvalue weighted by Crippen LogP contribution is -2.39. The minimum Gasteiger partial charge on any atom is -0.441 e. The van der Waals surface area contributed by atoms with E-state index in [1.807, 2.05) is 18.2 Å². The first-order chi connectivity index (χ1) is 12.6. The van der Waals surface area contributed by atoms with Gasteiger partial charge in [0.2, 0.25) is 5.95 Å². The number of halogens is 1. The summed E-state index contributed by atoms with van der Waals surface area (Å²) in [5, 5.41) is 3.29. The molecule has 0 radical (unpaired) electrons. The maximum absolute atomic E-state index is 12.3. The van der Waals surface area contributed by atoms with Crippen molar-refractivity contribution in [1.82, 2.24) is 15.0 Å². The van der Waals surface area contributed by atoms with Crippen LogP contribution in [0.15, 0.2) is 41.3 Å². The van der Waals surface area contributed by atoms with Gasteiger partial charge in [0.05, 0.1) is 11.0 Å². The van der Waals surface area contributed by atoms with E-state index in [0.717, 1.165) is 36.7 Å². The molecule has 4 rings (SSSR count). The fourth-order valence-corrected chi connectivity index (χ4v) is 3.83. The molecule has 2 fully saturated rings. The molecule has 1 N–H and O–H groups in total. The van der Waals surface area contributed by atoms with Crippen LogP contribution in [0, 0.1) is 5.92 Å². The first kappa shape index (κ1) is 17.2. The van der Waals surface area contributed by atoms with E-state index in [-0.39, 0.29) is 11.7 Å². The SMILES string of the molecule is O=C1OC2(CCC(CNc3ncc(Br)cn3)CC2)CN1c1ccccn1. The van der Waals surface area contributed by atoms with Gasteiger partial charge in [-0.25, -0.2) is 19.7 Å². The Morgan fingerprint density at radius 1 is 1.23 bits per heavy atom. The summed E-state index contributed by atoms with van der Waals surface area (Å²) >= 11 is 3.33. The van der Waals surface area contributed by atoms with E-state index in [4.69, 9.17) is 4.74 Å². The van der Waals surface area contributed by atoms with Gasteiger partial charge < -0.3 is 10.1 Å². The second-order valence-electron chi connectivity index (χ2n) is 6.87. The number of nitrogens with one attached hydrogen (secondary N) is 1. The molecule has 2 aromatic heterocycles. The van der Waals surface area contributed by atoms with E-state index in [9.17, 15) is 4.79 Å². The van der Waals surface area contributed by atoms with Crippen LogP contribution in [-0.4, -0.2) is 39.7 Å². The van der Waals surface area contributed by atoms with E-state index in [1.165, 1.54) is 0 Å². The van der Waals surface area contributed by atoms with Crippen LogP contribution in [0.5, 0.6) is 0 Å². The summed E-state index contributed by atoms with van der Waals surface area (Å²) in [4.78, 5) is 26.7. The van der Waals surface area contributed by atoms with Crippen molar-refractivity contribution in [1.29, 1.82) is 0 Å². The summed E-state index contributed by atoms with van der Waals surface area (Å²) in [6.45, 7) is 1.41. The third-order valence-electron chi connectivity index (χ3n) is 5.08. The summed E-state index contributed by atoms with van der Waals surface area (Å²) in [5.41, 5.74) is -0.376. The molecule has 1 saturated carbocycles. The second kappa shape index (κ2) is 7.19. The standard InChI is InChI=1S/C18H20BrN5O2/c19-14-10-22-16(23-11-14)21-9-13-4-6-18(7-5-13)12-24(17(25)26-18)15-3-1-2-8-20-15/h1-3,8,10-11,13H,4-7,9,12H2,(H,21,22,23). The fraction of sp³-hybridized carbons (Fsp3) is 0.444. The van der Waals surface area contributed by atoms with Crippen LogP contribution < -0.4 is 10.2 Å². The summed E-state index contributed by atoms with van der Waals surface area (Å²) in [6.07, 6.45) is 8.62. The molecule has 0 atom stereocenters. The predicted octanol–water partition coefficient (Wildman–Crippen LogP) is 3.63. The Morgan fingerprint density at radius 2 is 2.00 bits per heavy atom. The van der Waals surface area contributed by atoms with E-state index in [1.54, 1.807) is 23.5 Å². The molecular weight excluding hydrogens is 398 g/mol. The Kier molecular flexibility index (Phi) is 4.76. The number of hydrogen-bond donors (Lipinski definition) is 1. The van der Waals surface area contributed by atoms with Crippen LogP contribution in [0.25, 0.3) is 0 Å². The minimum absolute atomic E-state index is 0.288. The maximum Gasteiger partial charge on any atom is 0.416 e. The first-order valence-electron chi connectivity index (χ1n) is 8.77. The Balaban J connectivity index is 1.32. The molecule has 8 heteroatoms. The number of hydrogen-bond acceptors (Lipinski definition) is 6. The molecule has 0 aromatic carbocycles. The predicted molar refractivity (Wildman–Crippen MR) is 101 cm³/mol. The smallest absolute Gasteiger partial charge is 0.416 e. The van der Waals surface area contributed by atoms with E-state index in [0.29, 0.717) is 24.2 Å². The molecule has 1 amide bonds. The monoisotopic (exact) mass is 417 g/mol. The molecule has 2 aliphatic rings. The number of anilines is 2. The number of nitrogens with zero attached hydrogens (tertiary/aromatic N) is 4. The van der Waals surface area contributed by atoms with Crippen molar-refractivity contribution in [2.75, 3.05) is 23.3 Å². The Hall–Kier alpha value is -2.22. The van der Waals surface area contributed by atoms with Crippen LogP contribution in [0.1, 0.15) is 25.7 Å². The van der Waals surface area contributed by atoms with Gasteiger partial charge in [-0.1, -0.05) is 6.07 Å². The quantitative estimate of drug-likeness (QED) is 0.817. The van der Waals surface area contributed by atoms with Crippen LogP contribution in [0.3, 0.4) is 0 Å². The molecule has 136 valence electrons. The van der Waals surface area contributed by atoms with Crippen LogP contribution >= 0.6 is 15.9 Å². The second-order valence-corrected chi connectivity index (χ2v) is 7.79. The number of carbonyl (C=O) groups excluding carboxylic acids is 1. The summed E-state index contributed by atoms with van der Waals surface area (Å²) in [5.74, 6) is 1.82. The number of aromatic nitrogens is 3. The van der Waals surface area contributed by atoms with E-state index < -0.39 is 0 Å². The van der Waals surface area contributed by atoms with Crippen LogP contribution in [0.2, 0.25) is 0 Å². The Bertz CT molecular complexity index is 763. The largest absolute Gasteiger partial charge is 0.441 e. The molecule has 0 unspecified atom stereocenters. The van der Waals surface area contributed by atoms with Crippen molar-refractivity contribution in [2.24, 2.45) is 5.92 Å². The average molecular weight is 418 g/mol. The number of ether oxygens (including phenoxy) is 1. The zero-order valence-electron chi connectivity index (χ0n) is 14.3. The molecule has 1 aliphatic carbocycles. The summed E-state index contributed by atoms with van der Waals surface area (Å²) in [7, 11) is 0. The lowest BCUT2D eigenvalue weighted by Gasteiger charge is -2.35. The van der Waals surface area contributed by atoms with Crippen molar-refractivity contribution in [3.8, 4) is 0 Å². The number of carbonyl (C=O) groups is 1. The van der Waals surface area contributed by atoms with E-state index in [2.05, 4.69) is 36.2 Å². The fourth-order valence-electron chi connectivity index (χ4n) is 3.62. The average Bonchev–Trinajstić information content (AvgIpc) is 2.99. The molecule has 1 saturated heterocycles. The van der Waals surface area contributed by atoms with Gasteiger partial charge in [-0.2, -0.15) is 0 Å². The molecule has 26 heavy (non-hydrogen) atoms. The molecule has 7 nitrogen and oxygen atoms in total. The van der Waals surface area contributed by atoms with Gasteiger partial charge in [0, 0.05) is 25.1 Å². The van der Waals surface area contributed by atoms with Crippen molar-refractivity contribution in [3.63, 3.8) is 0 Å².